The van der Waals surface area contributed by atoms with Gasteiger partial charge >= 0.3 is 6.18 Å². The van der Waals surface area contributed by atoms with Gasteiger partial charge in [-0.05, 0) is 19.4 Å². The summed E-state index contributed by atoms with van der Waals surface area (Å²) in [7, 11) is 0. The van der Waals surface area contributed by atoms with Gasteiger partial charge in [0.25, 0.3) is 5.91 Å². The van der Waals surface area contributed by atoms with Crippen LogP contribution in [-0.4, -0.2) is 45.0 Å². The molecule has 0 unspecified atom stereocenters. The summed E-state index contributed by atoms with van der Waals surface area (Å²) in [4.78, 5) is 18.3. The molecule has 2 aromatic heterocycles. The number of likely N-dealkylation sites (N-methyl/N-ethyl adjacent to an activating group) is 1. The Morgan fingerprint density at radius 2 is 2.08 bits per heavy atom. The van der Waals surface area contributed by atoms with Crippen LogP contribution in [0.3, 0.4) is 0 Å². The second-order valence-electron chi connectivity index (χ2n) is 5.14. The molecular weight excluding hydrogens is 347 g/mol. The van der Waals surface area contributed by atoms with Gasteiger partial charge in [0.15, 0.2) is 5.65 Å². The number of aliphatic hydroxyl groups excluding tert-OH is 1. The Balaban J connectivity index is 2.71. The van der Waals surface area contributed by atoms with Crippen molar-refractivity contribution in [2.45, 2.75) is 26.4 Å². The minimum absolute atomic E-state index is 0.0378. The lowest BCUT2D eigenvalue weighted by Gasteiger charge is -2.20. The van der Waals surface area contributed by atoms with E-state index in [1.807, 2.05) is 0 Å². The number of aliphatic hydroxyl groups is 1. The summed E-state index contributed by atoms with van der Waals surface area (Å²) in [5.41, 5.74) is -0.461. The van der Waals surface area contributed by atoms with Crippen molar-refractivity contribution in [2.24, 2.45) is 0 Å². The zero-order valence-corrected chi connectivity index (χ0v) is 13.9. The van der Waals surface area contributed by atoms with Crippen LogP contribution in [0.1, 0.15) is 35.6 Å². The van der Waals surface area contributed by atoms with Gasteiger partial charge in [-0.1, -0.05) is 18.5 Å². The normalized spacial score (nSPS) is 12.0. The summed E-state index contributed by atoms with van der Waals surface area (Å²) in [5, 5.41) is 8.89. The van der Waals surface area contributed by atoms with Crippen LogP contribution < -0.4 is 0 Å². The number of nitrogens with zero attached hydrogens (tertiary/aromatic N) is 3. The van der Waals surface area contributed by atoms with Crippen LogP contribution in [-0.2, 0) is 12.6 Å². The van der Waals surface area contributed by atoms with E-state index < -0.39 is 17.6 Å². The third-order valence-electron chi connectivity index (χ3n) is 3.65. The molecule has 0 spiro atoms. The summed E-state index contributed by atoms with van der Waals surface area (Å²) in [6.45, 7) is 3.61. The zero-order chi connectivity index (χ0) is 18.1. The second-order valence-corrected chi connectivity index (χ2v) is 5.54. The number of imidazole rings is 1. The molecule has 0 aliphatic carbocycles. The smallest absolute Gasteiger partial charge is 0.395 e. The van der Waals surface area contributed by atoms with E-state index in [1.54, 1.807) is 13.8 Å². The van der Waals surface area contributed by atoms with Crippen LogP contribution in [0, 0.1) is 0 Å². The van der Waals surface area contributed by atoms with E-state index in [0.717, 1.165) is 16.7 Å². The number of aryl methyl sites for hydroxylation is 1. The molecule has 2 aromatic rings. The number of carbonyl (C=O) groups excluding carboxylic acids is 1. The first-order valence-corrected chi connectivity index (χ1v) is 7.80. The van der Waals surface area contributed by atoms with Crippen LogP contribution >= 0.6 is 11.6 Å². The standard InChI is InChI=1S/C15H17ClF3N3O2/c1-3-11-12(14(24)21(4-2)5-6-23)22-8-9(15(17,18)19)7-10(16)13(22)20-11/h7-8,23H,3-6H2,1-2H3. The Morgan fingerprint density at radius 1 is 1.42 bits per heavy atom. The molecule has 0 fully saturated rings. The van der Waals surface area contributed by atoms with Gasteiger partial charge in [-0.3, -0.25) is 9.20 Å². The molecule has 9 heteroatoms. The number of hydrogen-bond acceptors (Lipinski definition) is 3. The van der Waals surface area contributed by atoms with Crippen molar-refractivity contribution in [2.75, 3.05) is 19.7 Å². The number of aromatic nitrogens is 2. The van der Waals surface area contributed by atoms with E-state index in [2.05, 4.69) is 4.98 Å². The maximum absolute atomic E-state index is 13.0. The first-order chi connectivity index (χ1) is 11.2. The lowest BCUT2D eigenvalue weighted by molar-refractivity contribution is -0.137. The maximum Gasteiger partial charge on any atom is 0.417 e. The minimum Gasteiger partial charge on any atom is -0.395 e. The molecule has 2 rings (SSSR count). The molecule has 2 heterocycles. The van der Waals surface area contributed by atoms with Crippen molar-refractivity contribution in [1.82, 2.24) is 14.3 Å². The third-order valence-corrected chi connectivity index (χ3v) is 3.93. The van der Waals surface area contributed by atoms with Crippen LogP contribution in [0.25, 0.3) is 5.65 Å². The van der Waals surface area contributed by atoms with Gasteiger partial charge in [0.05, 0.1) is 22.9 Å². The summed E-state index contributed by atoms with van der Waals surface area (Å²) in [5.74, 6) is -0.494. The monoisotopic (exact) mass is 363 g/mol. The first-order valence-electron chi connectivity index (χ1n) is 7.42. The second kappa shape index (κ2) is 6.98. The third kappa shape index (κ3) is 3.34. The molecule has 132 valence electrons. The number of carbonyl (C=O) groups is 1. The lowest BCUT2D eigenvalue weighted by atomic mass is 10.2. The number of fused-ring (bicyclic) bond motifs is 1. The van der Waals surface area contributed by atoms with Gasteiger partial charge in [0.2, 0.25) is 0 Å². The summed E-state index contributed by atoms with van der Waals surface area (Å²) < 4.78 is 40.2. The molecule has 5 nitrogen and oxygen atoms in total. The molecule has 0 saturated carbocycles. The van der Waals surface area contributed by atoms with Crippen LogP contribution in [0.2, 0.25) is 5.02 Å². The van der Waals surface area contributed by atoms with Crippen molar-refractivity contribution in [3.8, 4) is 0 Å². The predicted molar refractivity (Wildman–Crippen MR) is 83.2 cm³/mol. The maximum atomic E-state index is 13.0. The molecule has 0 atom stereocenters. The van der Waals surface area contributed by atoms with E-state index in [9.17, 15) is 18.0 Å². The first kappa shape index (κ1) is 18.5. The van der Waals surface area contributed by atoms with Crippen molar-refractivity contribution in [1.29, 1.82) is 0 Å². The van der Waals surface area contributed by atoms with Gasteiger partial charge in [0, 0.05) is 19.3 Å². The van der Waals surface area contributed by atoms with E-state index in [0.29, 0.717) is 18.7 Å². The molecular formula is C15H17ClF3N3O2. The predicted octanol–water partition coefficient (Wildman–Crippen LogP) is 3.02. The fourth-order valence-corrected chi connectivity index (χ4v) is 2.70. The largest absolute Gasteiger partial charge is 0.417 e. The topological polar surface area (TPSA) is 57.8 Å². The molecule has 1 N–H and O–H groups in total. The zero-order valence-electron chi connectivity index (χ0n) is 13.2. The Kier molecular flexibility index (Phi) is 5.39. The van der Waals surface area contributed by atoms with Crippen molar-refractivity contribution < 1.29 is 23.1 Å². The summed E-state index contributed by atoms with van der Waals surface area (Å²) in [6, 6.07) is 0.795. The Hall–Kier alpha value is -1.80. The number of halogens is 4. The fourth-order valence-electron chi connectivity index (χ4n) is 2.45. The summed E-state index contributed by atoms with van der Waals surface area (Å²) >= 11 is 5.94. The quantitative estimate of drug-likeness (QED) is 0.888. The Labute approximate surface area is 141 Å². The molecule has 0 saturated heterocycles. The number of hydrogen-bond donors (Lipinski definition) is 1. The highest BCUT2D eigenvalue weighted by Crippen LogP contribution is 2.33. The lowest BCUT2D eigenvalue weighted by Crippen LogP contribution is -2.34. The summed E-state index contributed by atoms with van der Waals surface area (Å²) in [6.07, 6.45) is -3.41. The van der Waals surface area contributed by atoms with Crippen molar-refractivity contribution in [3.05, 3.63) is 34.2 Å². The number of alkyl halides is 3. The van der Waals surface area contributed by atoms with Gasteiger partial charge in [-0.2, -0.15) is 13.2 Å². The Bertz CT molecular complexity index is 758. The van der Waals surface area contributed by atoms with E-state index >= 15 is 0 Å². The molecule has 0 aliphatic heterocycles. The molecule has 0 aromatic carbocycles. The molecule has 0 bridgehead atoms. The van der Waals surface area contributed by atoms with E-state index in [1.165, 1.54) is 4.90 Å². The SMILES string of the molecule is CCc1nc2c(Cl)cc(C(F)(F)F)cn2c1C(=O)N(CC)CCO. The van der Waals surface area contributed by atoms with Gasteiger partial charge in [-0.25, -0.2) is 4.98 Å². The van der Waals surface area contributed by atoms with Crippen LogP contribution in [0.5, 0.6) is 0 Å². The number of amides is 1. The minimum atomic E-state index is -4.59. The average Bonchev–Trinajstić information content (AvgIpc) is 2.90. The number of rotatable bonds is 5. The highest BCUT2D eigenvalue weighted by atomic mass is 35.5. The fraction of sp³-hybridized carbons (Fsp3) is 0.467. The van der Waals surface area contributed by atoms with Crippen molar-refractivity contribution >= 4 is 23.2 Å². The molecule has 0 radical (unpaired) electrons. The highest BCUT2D eigenvalue weighted by molar-refractivity contribution is 6.33. The van der Waals surface area contributed by atoms with Crippen molar-refractivity contribution in [3.63, 3.8) is 0 Å². The van der Waals surface area contributed by atoms with E-state index in [4.69, 9.17) is 16.7 Å². The molecule has 1 amide bonds. The highest BCUT2D eigenvalue weighted by Gasteiger charge is 2.33. The van der Waals surface area contributed by atoms with Gasteiger partial charge in [-0.15, -0.1) is 0 Å². The molecule has 0 aliphatic rings. The van der Waals surface area contributed by atoms with Gasteiger partial charge < -0.3 is 10.0 Å². The molecule has 24 heavy (non-hydrogen) atoms. The van der Waals surface area contributed by atoms with Gasteiger partial charge in [0.1, 0.15) is 5.69 Å². The van der Waals surface area contributed by atoms with Crippen LogP contribution in [0.4, 0.5) is 13.2 Å². The van der Waals surface area contributed by atoms with Crippen LogP contribution in [0.15, 0.2) is 12.3 Å². The number of pyridine rings is 1. The average molecular weight is 364 g/mol. The Morgan fingerprint density at radius 3 is 2.58 bits per heavy atom. The van der Waals surface area contributed by atoms with E-state index in [-0.39, 0.29) is 29.5 Å².